The second-order valence-electron chi connectivity index (χ2n) is 5.25. The van der Waals surface area contributed by atoms with Crippen molar-refractivity contribution in [1.82, 2.24) is 0 Å². The average molecular weight is 375 g/mol. The Morgan fingerprint density at radius 3 is 2.20 bits per heavy atom. The number of rotatable bonds is 4. The molecule has 2 aromatic carbocycles. The third kappa shape index (κ3) is 4.05. The fourth-order valence-corrected chi connectivity index (χ4v) is 2.84. The van der Waals surface area contributed by atoms with Crippen LogP contribution in [0.25, 0.3) is 0 Å². The van der Waals surface area contributed by atoms with Crippen molar-refractivity contribution in [1.29, 1.82) is 0 Å². The number of anilines is 1. The summed E-state index contributed by atoms with van der Waals surface area (Å²) in [5.74, 6) is -2.90. The number of aliphatic hydroxyl groups is 1. The van der Waals surface area contributed by atoms with Gasteiger partial charge in [-0.15, -0.1) is 0 Å². The largest absolute Gasteiger partial charge is 0.426 e. The van der Waals surface area contributed by atoms with E-state index in [1.165, 1.54) is 6.07 Å². The molecule has 4 nitrogen and oxygen atoms in total. The van der Waals surface area contributed by atoms with Crippen LogP contribution in [0.3, 0.4) is 0 Å². The third-order valence-corrected chi connectivity index (χ3v) is 4.74. The fraction of sp³-hybridized carbons (Fsp3) is 0.188. The Morgan fingerprint density at radius 1 is 1.08 bits per heavy atom. The summed E-state index contributed by atoms with van der Waals surface area (Å²) in [5, 5.41) is 10.9. The highest BCUT2D eigenvalue weighted by Gasteiger charge is 2.55. The molecule has 0 bridgehead atoms. The number of carbonyl (C=O) groups is 1. The standard InChI is InChI=1S/C16H13F4NO3S/c1-15(23,16(18,19)20)14(22)21-13-8-7-11(9-12(13)17)25(24)10-5-3-2-4-6-10/h2-9,23H,1H3,(H,21,22)/t15-,25?/m1/s1. The zero-order chi connectivity index (χ0) is 18.8. The monoisotopic (exact) mass is 375 g/mol. The number of amides is 1. The second kappa shape index (κ2) is 6.93. The number of nitrogens with one attached hydrogen (secondary N) is 1. The average Bonchev–Trinajstić information content (AvgIpc) is 2.55. The molecule has 2 aromatic rings. The van der Waals surface area contributed by atoms with Gasteiger partial charge in [0.05, 0.1) is 16.5 Å². The van der Waals surface area contributed by atoms with Crippen LogP contribution in [0.2, 0.25) is 0 Å². The van der Waals surface area contributed by atoms with Crippen LogP contribution in [0.5, 0.6) is 0 Å². The van der Waals surface area contributed by atoms with Gasteiger partial charge in [0.1, 0.15) is 5.82 Å². The fourth-order valence-electron chi connectivity index (χ4n) is 1.77. The number of hydrogen-bond acceptors (Lipinski definition) is 3. The van der Waals surface area contributed by atoms with Gasteiger partial charge in [-0.1, -0.05) is 18.2 Å². The summed E-state index contributed by atoms with van der Waals surface area (Å²) in [7, 11) is -1.69. The molecule has 2 atom stereocenters. The minimum Gasteiger partial charge on any atom is -0.373 e. The summed E-state index contributed by atoms with van der Waals surface area (Å²) >= 11 is 0. The Kier molecular flexibility index (Phi) is 5.28. The lowest BCUT2D eigenvalue weighted by atomic mass is 10.1. The van der Waals surface area contributed by atoms with Crippen LogP contribution in [0.4, 0.5) is 23.2 Å². The van der Waals surface area contributed by atoms with Crippen LogP contribution in [-0.4, -0.2) is 27.0 Å². The summed E-state index contributed by atoms with van der Waals surface area (Å²) in [4.78, 5) is 12.1. The molecule has 0 fully saturated rings. The summed E-state index contributed by atoms with van der Waals surface area (Å²) in [6.07, 6.45) is -5.22. The summed E-state index contributed by atoms with van der Waals surface area (Å²) < 4.78 is 64.2. The zero-order valence-corrected chi connectivity index (χ0v) is 13.6. The van der Waals surface area contributed by atoms with Crippen LogP contribution in [0.1, 0.15) is 6.92 Å². The number of alkyl halides is 3. The lowest BCUT2D eigenvalue weighted by Crippen LogP contribution is -2.52. The van der Waals surface area contributed by atoms with E-state index in [0.29, 0.717) is 4.90 Å². The smallest absolute Gasteiger partial charge is 0.373 e. The van der Waals surface area contributed by atoms with Crippen molar-refractivity contribution in [2.24, 2.45) is 0 Å². The molecule has 2 N–H and O–H groups in total. The molecule has 0 saturated heterocycles. The van der Waals surface area contributed by atoms with Gasteiger partial charge in [-0.2, -0.15) is 13.2 Å². The van der Waals surface area contributed by atoms with Gasteiger partial charge >= 0.3 is 6.18 Å². The van der Waals surface area contributed by atoms with Crippen LogP contribution >= 0.6 is 0 Å². The molecule has 1 unspecified atom stereocenters. The lowest BCUT2D eigenvalue weighted by Gasteiger charge is -2.24. The summed E-state index contributed by atoms with van der Waals surface area (Å²) in [6.45, 7) is 0.263. The molecular weight excluding hydrogens is 362 g/mol. The number of benzene rings is 2. The summed E-state index contributed by atoms with van der Waals surface area (Å²) in [5.41, 5.74) is -4.24. The number of carbonyl (C=O) groups excluding carboxylic acids is 1. The molecule has 0 heterocycles. The van der Waals surface area contributed by atoms with Crippen molar-refractivity contribution in [2.75, 3.05) is 5.32 Å². The van der Waals surface area contributed by atoms with E-state index in [9.17, 15) is 31.7 Å². The molecule has 0 saturated carbocycles. The van der Waals surface area contributed by atoms with E-state index in [4.69, 9.17) is 0 Å². The van der Waals surface area contributed by atoms with Gasteiger partial charge in [0.25, 0.3) is 5.91 Å². The van der Waals surface area contributed by atoms with Crippen LogP contribution < -0.4 is 5.32 Å². The first-order chi connectivity index (χ1) is 11.5. The molecular formula is C16H13F4NO3S. The SMILES string of the molecule is C[C@@](O)(C(=O)Nc1ccc(S(=O)c2ccccc2)cc1F)C(F)(F)F. The van der Waals surface area contributed by atoms with Gasteiger partial charge in [0.2, 0.25) is 5.60 Å². The van der Waals surface area contributed by atoms with Crippen molar-refractivity contribution < 1.29 is 31.7 Å². The van der Waals surface area contributed by atoms with E-state index in [2.05, 4.69) is 0 Å². The zero-order valence-electron chi connectivity index (χ0n) is 12.8. The Balaban J connectivity index is 2.23. The molecule has 0 aliphatic heterocycles. The Morgan fingerprint density at radius 2 is 1.68 bits per heavy atom. The van der Waals surface area contributed by atoms with Gasteiger partial charge in [-0.3, -0.25) is 4.79 Å². The maximum Gasteiger partial charge on any atom is 0.426 e. The molecule has 1 amide bonds. The Bertz CT molecular complexity index is 807. The lowest BCUT2D eigenvalue weighted by molar-refractivity contribution is -0.242. The Hall–Kier alpha value is -2.26. The van der Waals surface area contributed by atoms with Crippen molar-refractivity contribution in [3.8, 4) is 0 Å². The van der Waals surface area contributed by atoms with Gasteiger partial charge in [0, 0.05) is 9.79 Å². The minimum atomic E-state index is -5.22. The first-order valence-corrected chi connectivity index (χ1v) is 8.06. The van der Waals surface area contributed by atoms with Crippen molar-refractivity contribution in [3.05, 3.63) is 54.3 Å². The highest BCUT2D eigenvalue weighted by atomic mass is 32.2. The van der Waals surface area contributed by atoms with E-state index < -0.39 is 40.0 Å². The third-order valence-electron chi connectivity index (χ3n) is 3.35. The molecule has 0 spiro atoms. The minimum absolute atomic E-state index is 0.0734. The van der Waals surface area contributed by atoms with Crippen LogP contribution in [0, 0.1) is 5.82 Å². The molecule has 25 heavy (non-hydrogen) atoms. The first kappa shape index (κ1) is 19.1. The van der Waals surface area contributed by atoms with Gasteiger partial charge in [-0.25, -0.2) is 8.60 Å². The molecule has 0 aliphatic rings. The van der Waals surface area contributed by atoms with E-state index in [-0.39, 0.29) is 11.8 Å². The predicted molar refractivity (Wildman–Crippen MR) is 82.8 cm³/mol. The molecule has 0 radical (unpaired) electrons. The van der Waals surface area contributed by atoms with Crippen molar-refractivity contribution in [3.63, 3.8) is 0 Å². The summed E-state index contributed by atoms with van der Waals surface area (Å²) in [6, 6.07) is 11.2. The Labute approximate surface area is 142 Å². The quantitative estimate of drug-likeness (QED) is 0.807. The maximum absolute atomic E-state index is 14.1. The van der Waals surface area contributed by atoms with Crippen molar-refractivity contribution >= 4 is 22.4 Å². The molecule has 0 aromatic heterocycles. The highest BCUT2D eigenvalue weighted by molar-refractivity contribution is 7.85. The molecule has 9 heteroatoms. The molecule has 134 valence electrons. The van der Waals surface area contributed by atoms with E-state index in [0.717, 1.165) is 12.1 Å². The van der Waals surface area contributed by atoms with Crippen LogP contribution in [-0.2, 0) is 15.6 Å². The number of halogens is 4. The normalized spacial score (nSPS) is 15.3. The van der Waals surface area contributed by atoms with Gasteiger partial charge in [-0.05, 0) is 37.3 Å². The predicted octanol–water partition coefficient (Wildman–Crippen LogP) is 3.24. The van der Waals surface area contributed by atoms with Gasteiger partial charge in [0.15, 0.2) is 0 Å². The van der Waals surface area contributed by atoms with E-state index in [1.54, 1.807) is 35.6 Å². The highest BCUT2D eigenvalue weighted by Crippen LogP contribution is 2.31. The topological polar surface area (TPSA) is 66.4 Å². The molecule has 2 rings (SSSR count). The molecule has 0 aliphatic carbocycles. The second-order valence-corrected chi connectivity index (χ2v) is 6.73. The van der Waals surface area contributed by atoms with E-state index >= 15 is 0 Å². The number of hydrogen-bond donors (Lipinski definition) is 2. The van der Waals surface area contributed by atoms with E-state index in [1.807, 2.05) is 0 Å². The first-order valence-electron chi connectivity index (χ1n) is 6.91. The van der Waals surface area contributed by atoms with Gasteiger partial charge < -0.3 is 10.4 Å². The maximum atomic E-state index is 14.1. The van der Waals surface area contributed by atoms with Crippen molar-refractivity contribution in [2.45, 2.75) is 28.5 Å². The van der Waals surface area contributed by atoms with Crippen LogP contribution in [0.15, 0.2) is 58.3 Å².